The molecule has 0 spiro atoms. The molecule has 2 fully saturated rings. The average Bonchev–Trinajstić information content (AvgIpc) is 3.43. The van der Waals surface area contributed by atoms with Gasteiger partial charge in [-0.15, -0.1) is 0 Å². The van der Waals surface area contributed by atoms with E-state index in [-0.39, 0.29) is 0 Å². The van der Waals surface area contributed by atoms with Crippen LogP contribution in [0.2, 0.25) is 0 Å². The van der Waals surface area contributed by atoms with Crippen LogP contribution in [-0.4, -0.2) is 36.8 Å². The molecule has 29 heavy (non-hydrogen) atoms. The molecule has 3 aliphatic rings. The van der Waals surface area contributed by atoms with Crippen LogP contribution in [0.5, 0.6) is 0 Å². The number of nitrogens with zero attached hydrogens (tertiary/aromatic N) is 1. The quantitative estimate of drug-likeness (QED) is 0.686. The Morgan fingerprint density at radius 3 is 2.76 bits per heavy atom. The maximum atomic E-state index is 13.0. The van der Waals surface area contributed by atoms with E-state index in [1.807, 2.05) is 30.3 Å². The summed E-state index contributed by atoms with van der Waals surface area (Å²) in [7, 11) is 0. The molecule has 5 rings (SSSR count). The molecule has 2 aromatic rings. The molecule has 1 saturated carbocycles. The van der Waals surface area contributed by atoms with Gasteiger partial charge in [-0.1, -0.05) is 30.3 Å². The molecule has 154 valence electrons. The van der Waals surface area contributed by atoms with Gasteiger partial charge in [0.25, 0.3) is 0 Å². The highest BCUT2D eigenvalue weighted by molar-refractivity contribution is 7.92. The van der Waals surface area contributed by atoms with E-state index in [0.29, 0.717) is 12.0 Å². The molecule has 4 nitrogen and oxygen atoms in total. The van der Waals surface area contributed by atoms with E-state index < -0.39 is 11.4 Å². The van der Waals surface area contributed by atoms with Crippen molar-refractivity contribution in [2.75, 3.05) is 30.5 Å². The predicted octanol–water partition coefficient (Wildman–Crippen LogP) is 3.61. The Balaban J connectivity index is 1.17. The van der Waals surface area contributed by atoms with Gasteiger partial charge in [0.1, 0.15) is 11.4 Å². The second-order valence-corrected chi connectivity index (χ2v) is 10.1. The van der Waals surface area contributed by atoms with E-state index in [2.05, 4.69) is 33.1 Å². The number of piperidine rings is 1. The molecule has 0 bridgehead atoms. The first-order chi connectivity index (χ1) is 14.3. The zero-order chi connectivity index (χ0) is 19.6. The number of hydrogen-bond donors (Lipinski definition) is 2. The number of hydrogen-bond acceptors (Lipinski definition) is 4. The zero-order valence-corrected chi connectivity index (χ0v) is 17.8. The highest BCUT2D eigenvalue weighted by atomic mass is 32.2. The minimum Gasteiger partial charge on any atom is -0.588 e. The van der Waals surface area contributed by atoms with Gasteiger partial charge in [-0.3, -0.25) is 0 Å². The maximum absolute atomic E-state index is 13.0. The number of anilines is 1. The van der Waals surface area contributed by atoms with Gasteiger partial charge in [0.15, 0.2) is 4.90 Å². The normalized spacial score (nSPS) is 25.1. The van der Waals surface area contributed by atoms with Crippen LogP contribution < -0.4 is 14.9 Å². The van der Waals surface area contributed by atoms with Gasteiger partial charge >= 0.3 is 0 Å². The van der Waals surface area contributed by atoms with Crippen molar-refractivity contribution in [2.24, 2.45) is 5.92 Å². The molecule has 0 amide bonds. The maximum Gasteiger partial charge on any atom is 0.180 e. The third-order valence-corrected chi connectivity index (χ3v) is 8.19. The molecule has 2 heterocycles. The molecule has 3 unspecified atom stereocenters. The first-order valence-electron chi connectivity index (χ1n) is 11.1. The molecule has 1 aliphatic carbocycles. The Morgan fingerprint density at radius 1 is 1.10 bits per heavy atom. The lowest BCUT2D eigenvalue weighted by atomic mass is 9.95. The van der Waals surface area contributed by atoms with Gasteiger partial charge in [0, 0.05) is 12.0 Å². The van der Waals surface area contributed by atoms with Gasteiger partial charge in [-0.05, 0) is 87.0 Å². The molecular weight excluding hydrogens is 378 g/mol. The van der Waals surface area contributed by atoms with Crippen molar-refractivity contribution >= 4 is 17.0 Å². The van der Waals surface area contributed by atoms with E-state index in [9.17, 15) is 4.55 Å². The molecule has 2 aliphatic heterocycles. The van der Waals surface area contributed by atoms with E-state index in [1.54, 1.807) is 0 Å². The summed E-state index contributed by atoms with van der Waals surface area (Å²) in [4.78, 5) is 0.879. The minimum absolute atomic E-state index is 0.644. The Labute approximate surface area is 177 Å². The van der Waals surface area contributed by atoms with Gasteiger partial charge in [-0.2, -0.15) is 4.31 Å². The topological polar surface area (TPSA) is 50.4 Å². The zero-order valence-electron chi connectivity index (χ0n) is 17.0. The summed E-state index contributed by atoms with van der Waals surface area (Å²) < 4.78 is 15.0. The Bertz CT molecular complexity index is 824. The second-order valence-electron chi connectivity index (χ2n) is 8.69. The van der Waals surface area contributed by atoms with Crippen LogP contribution in [0.25, 0.3) is 0 Å². The average molecular weight is 410 g/mol. The third-order valence-electron chi connectivity index (χ3n) is 6.74. The van der Waals surface area contributed by atoms with Crippen molar-refractivity contribution in [1.82, 2.24) is 10.6 Å². The van der Waals surface area contributed by atoms with E-state index in [0.717, 1.165) is 36.0 Å². The Kier molecular flexibility index (Phi) is 5.82. The van der Waals surface area contributed by atoms with Crippen LogP contribution in [0.1, 0.15) is 42.7 Å². The summed E-state index contributed by atoms with van der Waals surface area (Å²) in [5.74, 6) is 1.56. The third kappa shape index (κ3) is 4.33. The molecule has 2 N–H and O–H groups in total. The highest BCUT2D eigenvalue weighted by Gasteiger charge is 2.39. The summed E-state index contributed by atoms with van der Waals surface area (Å²) in [6, 6.07) is 17.3. The minimum atomic E-state index is -1.12. The standard InChI is InChI=1S/C24H31N3OS/c28-29(21-4-2-1-3-5-21)27-15-11-20-16-19(6-7-24(20)27)22-17-23(22)26-14-10-18-8-12-25-13-9-18/h1-7,16,18,22-23,25-26H,8-15,17H2. The summed E-state index contributed by atoms with van der Waals surface area (Å²) in [5.41, 5.74) is 3.95. The number of benzene rings is 2. The smallest absolute Gasteiger partial charge is 0.180 e. The first-order valence-corrected chi connectivity index (χ1v) is 12.2. The van der Waals surface area contributed by atoms with Gasteiger partial charge in [-0.25, -0.2) is 0 Å². The molecule has 1 saturated heterocycles. The Morgan fingerprint density at radius 2 is 1.93 bits per heavy atom. The SMILES string of the molecule is [O-][S+](c1ccccc1)N1CCc2cc(C3CC3NCCC3CCNCC3)ccc21. The van der Waals surface area contributed by atoms with Crippen molar-refractivity contribution in [2.45, 2.75) is 49.0 Å². The summed E-state index contributed by atoms with van der Waals surface area (Å²) in [5, 5.41) is 7.24. The highest BCUT2D eigenvalue weighted by Crippen LogP contribution is 2.43. The van der Waals surface area contributed by atoms with Crippen molar-refractivity contribution < 1.29 is 4.55 Å². The lowest BCUT2D eigenvalue weighted by Gasteiger charge is -2.22. The van der Waals surface area contributed by atoms with Gasteiger partial charge in [0.05, 0.1) is 12.2 Å². The summed E-state index contributed by atoms with van der Waals surface area (Å²) in [6.45, 7) is 4.37. The van der Waals surface area contributed by atoms with Crippen LogP contribution in [-0.2, 0) is 17.8 Å². The number of nitrogens with one attached hydrogen (secondary N) is 2. The number of rotatable bonds is 7. The first kappa shape index (κ1) is 19.4. The largest absolute Gasteiger partial charge is 0.588 e. The lowest BCUT2D eigenvalue weighted by Crippen LogP contribution is -2.30. The molecular formula is C24H31N3OS. The fourth-order valence-corrected chi connectivity index (χ4v) is 6.15. The molecule has 0 radical (unpaired) electrons. The van der Waals surface area contributed by atoms with Gasteiger partial charge < -0.3 is 15.2 Å². The van der Waals surface area contributed by atoms with Crippen LogP contribution in [0, 0.1) is 5.92 Å². The van der Waals surface area contributed by atoms with Crippen LogP contribution in [0.15, 0.2) is 53.4 Å². The van der Waals surface area contributed by atoms with E-state index >= 15 is 0 Å². The van der Waals surface area contributed by atoms with E-state index in [1.165, 1.54) is 49.9 Å². The summed E-state index contributed by atoms with van der Waals surface area (Å²) >= 11 is -1.12. The lowest BCUT2D eigenvalue weighted by molar-refractivity contribution is 0.347. The number of fused-ring (bicyclic) bond motifs is 1. The Hall–Kier alpha value is -1.53. The van der Waals surface area contributed by atoms with Crippen LogP contribution >= 0.6 is 0 Å². The van der Waals surface area contributed by atoms with Crippen molar-refractivity contribution in [3.05, 3.63) is 59.7 Å². The van der Waals surface area contributed by atoms with Crippen molar-refractivity contribution in [1.29, 1.82) is 0 Å². The predicted molar refractivity (Wildman–Crippen MR) is 120 cm³/mol. The van der Waals surface area contributed by atoms with Crippen molar-refractivity contribution in [3.63, 3.8) is 0 Å². The van der Waals surface area contributed by atoms with E-state index in [4.69, 9.17) is 0 Å². The summed E-state index contributed by atoms with van der Waals surface area (Å²) in [6.07, 6.45) is 6.23. The fraction of sp³-hybridized carbons (Fsp3) is 0.500. The van der Waals surface area contributed by atoms with Crippen LogP contribution in [0.3, 0.4) is 0 Å². The fourth-order valence-electron chi connectivity index (χ4n) is 4.89. The van der Waals surface area contributed by atoms with Crippen LogP contribution in [0.4, 0.5) is 5.69 Å². The second kappa shape index (κ2) is 8.68. The van der Waals surface area contributed by atoms with Gasteiger partial charge in [0.2, 0.25) is 0 Å². The molecule has 3 atom stereocenters. The van der Waals surface area contributed by atoms with Crippen molar-refractivity contribution in [3.8, 4) is 0 Å². The molecule has 2 aromatic carbocycles. The molecule has 0 aromatic heterocycles. The molecule has 5 heteroatoms. The monoisotopic (exact) mass is 409 g/mol.